The van der Waals surface area contributed by atoms with Crippen LogP contribution in [0.15, 0.2) is 42.5 Å². The van der Waals surface area contributed by atoms with Gasteiger partial charge in [-0.3, -0.25) is 19.7 Å². The second-order valence-electron chi connectivity index (χ2n) is 9.31. The Hall–Kier alpha value is -3.46. The Morgan fingerprint density at radius 2 is 1.66 bits per heavy atom. The number of carbonyl (C=O) groups is 2. The number of benzene rings is 2. The molecule has 0 aliphatic carbocycles. The lowest BCUT2D eigenvalue weighted by atomic mass is 9.92. The number of aryl methyl sites for hydroxylation is 1. The van der Waals surface area contributed by atoms with Gasteiger partial charge in [-0.2, -0.15) is 0 Å². The first kappa shape index (κ1) is 24.7. The third kappa shape index (κ3) is 5.79. The van der Waals surface area contributed by atoms with Crippen LogP contribution in [0, 0.1) is 23.0 Å². The van der Waals surface area contributed by atoms with Crippen molar-refractivity contribution in [1.82, 2.24) is 9.80 Å². The van der Waals surface area contributed by atoms with Crippen LogP contribution in [0.25, 0.3) is 0 Å². The van der Waals surface area contributed by atoms with E-state index in [1.54, 1.807) is 31.1 Å². The monoisotopic (exact) mass is 480 g/mol. The van der Waals surface area contributed by atoms with E-state index in [4.69, 9.17) is 4.74 Å². The molecule has 9 heteroatoms. The van der Waals surface area contributed by atoms with Crippen molar-refractivity contribution in [2.45, 2.75) is 38.6 Å². The van der Waals surface area contributed by atoms with Crippen molar-refractivity contribution < 1.29 is 19.2 Å². The van der Waals surface area contributed by atoms with Crippen LogP contribution in [0.1, 0.15) is 41.6 Å². The predicted molar refractivity (Wildman–Crippen MR) is 133 cm³/mol. The van der Waals surface area contributed by atoms with Gasteiger partial charge in [0.2, 0.25) is 5.91 Å². The minimum atomic E-state index is -0.445. The summed E-state index contributed by atoms with van der Waals surface area (Å²) in [5.41, 5.74) is 1.66. The van der Waals surface area contributed by atoms with Crippen LogP contribution in [0.4, 0.5) is 11.4 Å². The highest BCUT2D eigenvalue weighted by molar-refractivity contribution is 5.95. The minimum Gasteiger partial charge on any atom is -0.497 e. The van der Waals surface area contributed by atoms with Gasteiger partial charge in [-0.15, -0.1) is 0 Å². The van der Waals surface area contributed by atoms with Crippen LogP contribution < -0.4 is 10.1 Å². The van der Waals surface area contributed by atoms with Crippen molar-refractivity contribution in [2.24, 2.45) is 5.92 Å². The average Bonchev–Trinajstić information content (AvgIpc) is 2.89. The molecule has 0 bridgehead atoms. The number of nitro benzene ring substituents is 1. The number of likely N-dealkylation sites (tertiary alicyclic amines) is 2. The number of ether oxygens (including phenoxy) is 1. The van der Waals surface area contributed by atoms with E-state index in [2.05, 4.69) is 10.2 Å². The lowest BCUT2D eigenvalue weighted by Crippen LogP contribution is -2.49. The summed E-state index contributed by atoms with van der Waals surface area (Å²) in [4.78, 5) is 40.6. The Kier molecular flexibility index (Phi) is 7.65. The van der Waals surface area contributed by atoms with E-state index in [-0.39, 0.29) is 23.4 Å². The highest BCUT2D eigenvalue weighted by Crippen LogP contribution is 2.27. The van der Waals surface area contributed by atoms with E-state index in [0.29, 0.717) is 30.3 Å². The quantitative estimate of drug-likeness (QED) is 0.497. The van der Waals surface area contributed by atoms with E-state index < -0.39 is 4.92 Å². The van der Waals surface area contributed by atoms with Crippen LogP contribution in [0.3, 0.4) is 0 Å². The number of rotatable bonds is 6. The van der Waals surface area contributed by atoms with Gasteiger partial charge in [0.05, 0.1) is 12.0 Å². The standard InChI is InChI=1S/C26H32N4O5/c1-18-3-4-20(17-24(18)30(33)34)26(32)29-15-11-22(12-16-29)28-13-9-19(10-14-28)25(31)27-21-5-7-23(35-2)8-6-21/h3-8,17,19,22H,9-16H2,1-2H3,(H,27,31). The van der Waals surface area contributed by atoms with Crippen molar-refractivity contribution in [3.63, 3.8) is 0 Å². The van der Waals surface area contributed by atoms with Gasteiger partial charge in [0.25, 0.3) is 11.6 Å². The molecule has 2 saturated heterocycles. The number of nitrogens with zero attached hydrogens (tertiary/aromatic N) is 3. The number of nitro groups is 1. The largest absolute Gasteiger partial charge is 0.497 e. The molecule has 2 fully saturated rings. The van der Waals surface area contributed by atoms with E-state index in [9.17, 15) is 19.7 Å². The SMILES string of the molecule is COc1ccc(NC(=O)C2CCN(C3CCN(C(=O)c4ccc(C)c([N+](=O)[O-])c4)CC3)CC2)cc1. The van der Waals surface area contributed by atoms with Gasteiger partial charge < -0.3 is 19.9 Å². The predicted octanol–water partition coefficient (Wildman–Crippen LogP) is 3.87. The Bertz CT molecular complexity index is 1070. The first-order valence-electron chi connectivity index (χ1n) is 12.1. The molecule has 0 spiro atoms. The molecule has 2 aliphatic rings. The first-order chi connectivity index (χ1) is 16.9. The smallest absolute Gasteiger partial charge is 0.273 e. The maximum Gasteiger partial charge on any atom is 0.273 e. The molecule has 2 aromatic rings. The Balaban J connectivity index is 1.24. The molecule has 0 aromatic heterocycles. The molecular weight excluding hydrogens is 448 g/mol. The lowest BCUT2D eigenvalue weighted by Gasteiger charge is -2.41. The van der Waals surface area contributed by atoms with Crippen LogP contribution in [0.5, 0.6) is 5.75 Å². The van der Waals surface area contributed by atoms with Gasteiger partial charge in [0.15, 0.2) is 0 Å². The van der Waals surface area contributed by atoms with Crippen LogP contribution >= 0.6 is 0 Å². The molecule has 0 saturated carbocycles. The van der Waals surface area contributed by atoms with Crippen LogP contribution in [-0.4, -0.2) is 65.9 Å². The third-order valence-corrected chi connectivity index (χ3v) is 7.18. The fourth-order valence-corrected chi connectivity index (χ4v) is 5.00. The molecule has 2 aromatic carbocycles. The van der Waals surface area contributed by atoms with E-state index >= 15 is 0 Å². The van der Waals surface area contributed by atoms with Gasteiger partial charge in [0.1, 0.15) is 5.75 Å². The second kappa shape index (κ2) is 10.9. The molecule has 0 unspecified atom stereocenters. The van der Waals surface area contributed by atoms with Crippen molar-refractivity contribution in [1.29, 1.82) is 0 Å². The van der Waals surface area contributed by atoms with Crippen LogP contribution in [-0.2, 0) is 4.79 Å². The molecule has 0 radical (unpaired) electrons. The Labute approximate surface area is 205 Å². The first-order valence-corrected chi connectivity index (χ1v) is 12.1. The summed E-state index contributed by atoms with van der Waals surface area (Å²) >= 11 is 0. The molecule has 2 heterocycles. The number of hydrogen-bond donors (Lipinski definition) is 1. The van der Waals surface area contributed by atoms with Crippen molar-refractivity contribution in [2.75, 3.05) is 38.6 Å². The number of piperidine rings is 2. The Morgan fingerprint density at radius 1 is 1.00 bits per heavy atom. The van der Waals surface area contributed by atoms with Gasteiger partial charge >= 0.3 is 0 Å². The summed E-state index contributed by atoms with van der Waals surface area (Å²) in [5, 5.41) is 14.2. The van der Waals surface area contributed by atoms with Crippen molar-refractivity contribution in [3.8, 4) is 5.75 Å². The van der Waals surface area contributed by atoms with Gasteiger partial charge in [-0.1, -0.05) is 6.07 Å². The van der Waals surface area contributed by atoms with Gasteiger partial charge in [-0.05, 0) is 76.0 Å². The zero-order valence-corrected chi connectivity index (χ0v) is 20.2. The average molecular weight is 481 g/mol. The second-order valence-corrected chi connectivity index (χ2v) is 9.31. The fourth-order valence-electron chi connectivity index (χ4n) is 5.00. The molecule has 2 amide bonds. The topological polar surface area (TPSA) is 105 Å². The fraction of sp³-hybridized carbons (Fsp3) is 0.462. The van der Waals surface area contributed by atoms with Crippen molar-refractivity contribution in [3.05, 3.63) is 63.7 Å². The van der Waals surface area contributed by atoms with Crippen LogP contribution in [0.2, 0.25) is 0 Å². The Morgan fingerprint density at radius 3 is 2.26 bits per heavy atom. The van der Waals surface area contributed by atoms with Crippen molar-refractivity contribution >= 4 is 23.2 Å². The molecule has 186 valence electrons. The molecule has 1 N–H and O–H groups in total. The molecule has 2 aliphatic heterocycles. The summed E-state index contributed by atoms with van der Waals surface area (Å²) in [5.74, 6) is 0.652. The zero-order chi connectivity index (χ0) is 24.9. The molecule has 9 nitrogen and oxygen atoms in total. The number of anilines is 1. The van der Waals surface area contributed by atoms with Gasteiger partial charge in [0, 0.05) is 47.9 Å². The highest BCUT2D eigenvalue weighted by Gasteiger charge is 2.32. The number of methoxy groups -OCH3 is 1. The summed E-state index contributed by atoms with van der Waals surface area (Å²) in [6.07, 6.45) is 3.35. The van der Waals surface area contributed by atoms with E-state index in [1.807, 2.05) is 24.3 Å². The normalized spacial score (nSPS) is 17.7. The van der Waals surface area contributed by atoms with E-state index in [1.165, 1.54) is 6.07 Å². The molecule has 35 heavy (non-hydrogen) atoms. The summed E-state index contributed by atoms with van der Waals surface area (Å²) in [6, 6.07) is 12.4. The number of amides is 2. The molecule has 0 atom stereocenters. The van der Waals surface area contributed by atoms with Gasteiger partial charge in [-0.25, -0.2) is 0 Å². The van der Waals surface area contributed by atoms with E-state index in [0.717, 1.165) is 50.2 Å². The molecular formula is C26H32N4O5. The summed E-state index contributed by atoms with van der Waals surface area (Å²) in [7, 11) is 1.61. The third-order valence-electron chi connectivity index (χ3n) is 7.18. The number of nitrogens with one attached hydrogen (secondary N) is 1. The highest BCUT2D eigenvalue weighted by atomic mass is 16.6. The molecule has 4 rings (SSSR count). The zero-order valence-electron chi connectivity index (χ0n) is 20.2. The maximum atomic E-state index is 12.9. The maximum absolute atomic E-state index is 12.9. The number of carbonyl (C=O) groups excluding carboxylic acids is 2. The minimum absolute atomic E-state index is 0.00709. The summed E-state index contributed by atoms with van der Waals surface area (Å²) in [6.45, 7) is 4.66. The summed E-state index contributed by atoms with van der Waals surface area (Å²) < 4.78 is 5.16. The lowest BCUT2D eigenvalue weighted by molar-refractivity contribution is -0.385. The number of hydrogen-bond acceptors (Lipinski definition) is 6.